The van der Waals surface area contributed by atoms with E-state index in [1.807, 2.05) is 0 Å². The minimum absolute atomic E-state index is 0.129. The molecule has 1 aliphatic rings. The molecule has 2 rings (SSSR count). The number of carbonyl (C=O) groups excluding carboxylic acids is 2. The molecule has 2 N–H and O–H groups in total. The molecule has 0 unspecified atom stereocenters. The molecule has 6 nitrogen and oxygen atoms in total. The minimum atomic E-state index is -1.20. The van der Waals surface area contributed by atoms with Gasteiger partial charge in [-0.1, -0.05) is 13.3 Å². The van der Waals surface area contributed by atoms with E-state index in [0.29, 0.717) is 30.0 Å². The smallest absolute Gasteiger partial charge is 0.329 e. The van der Waals surface area contributed by atoms with Crippen LogP contribution in [0.2, 0.25) is 0 Å². The molecule has 0 aliphatic heterocycles. The van der Waals surface area contributed by atoms with Crippen molar-refractivity contribution < 1.29 is 19.5 Å². The summed E-state index contributed by atoms with van der Waals surface area (Å²) < 4.78 is 1.55. The van der Waals surface area contributed by atoms with Crippen molar-refractivity contribution in [3.63, 3.8) is 0 Å². The molecule has 23 heavy (non-hydrogen) atoms. The second kappa shape index (κ2) is 6.56. The van der Waals surface area contributed by atoms with Crippen LogP contribution < -0.4 is 5.32 Å². The number of carbonyl (C=O) groups is 3. The summed E-state index contributed by atoms with van der Waals surface area (Å²) in [7, 11) is 1.67. The molecule has 1 amide bonds. The highest BCUT2D eigenvalue weighted by Gasteiger charge is 2.43. The average molecular weight is 320 g/mol. The van der Waals surface area contributed by atoms with E-state index in [-0.39, 0.29) is 5.78 Å². The van der Waals surface area contributed by atoms with Gasteiger partial charge in [0.15, 0.2) is 5.78 Å². The molecule has 1 aromatic rings. The van der Waals surface area contributed by atoms with Gasteiger partial charge >= 0.3 is 5.97 Å². The largest absolute Gasteiger partial charge is 0.480 e. The molecule has 1 heterocycles. The lowest BCUT2D eigenvalue weighted by molar-refractivity contribution is -0.146. The average Bonchev–Trinajstić information content (AvgIpc) is 2.90. The summed E-state index contributed by atoms with van der Waals surface area (Å²) in [6.07, 6.45) is 5.10. The molecule has 0 bridgehead atoms. The Hall–Kier alpha value is -2.11. The quantitative estimate of drug-likeness (QED) is 0.815. The first-order valence-corrected chi connectivity index (χ1v) is 8.02. The van der Waals surface area contributed by atoms with E-state index in [9.17, 15) is 19.5 Å². The van der Waals surface area contributed by atoms with Crippen molar-refractivity contribution in [2.45, 2.75) is 51.5 Å². The van der Waals surface area contributed by atoms with Crippen LogP contribution in [0.5, 0.6) is 0 Å². The molecule has 0 atom stereocenters. The number of nitrogens with zero attached hydrogens (tertiary/aromatic N) is 1. The fraction of sp³-hybridized carbons (Fsp3) is 0.588. The molecule has 0 radical (unpaired) electrons. The number of aryl methyl sites for hydroxylation is 1. The van der Waals surface area contributed by atoms with E-state index in [1.54, 1.807) is 17.8 Å². The van der Waals surface area contributed by atoms with Crippen molar-refractivity contribution in [3.8, 4) is 0 Å². The van der Waals surface area contributed by atoms with Crippen LogP contribution in [0.4, 0.5) is 0 Å². The fourth-order valence-electron chi connectivity index (χ4n) is 3.24. The van der Waals surface area contributed by atoms with Crippen molar-refractivity contribution in [1.29, 1.82) is 0 Å². The third kappa shape index (κ3) is 3.46. The van der Waals surface area contributed by atoms with Crippen LogP contribution in [0.3, 0.4) is 0 Å². The van der Waals surface area contributed by atoms with Crippen LogP contribution in [0.25, 0.3) is 0 Å². The third-order valence-corrected chi connectivity index (χ3v) is 4.94. The van der Waals surface area contributed by atoms with Gasteiger partial charge in [0.25, 0.3) is 5.91 Å². The van der Waals surface area contributed by atoms with Gasteiger partial charge in [0.1, 0.15) is 11.2 Å². The van der Waals surface area contributed by atoms with Gasteiger partial charge in [-0.2, -0.15) is 0 Å². The van der Waals surface area contributed by atoms with Gasteiger partial charge in [-0.05, 0) is 44.6 Å². The highest BCUT2D eigenvalue weighted by molar-refractivity contribution is 6.01. The van der Waals surface area contributed by atoms with Crippen molar-refractivity contribution in [1.82, 2.24) is 9.88 Å². The fourth-order valence-corrected chi connectivity index (χ4v) is 3.24. The minimum Gasteiger partial charge on any atom is -0.480 e. The maximum Gasteiger partial charge on any atom is 0.329 e. The normalized spacial score (nSPS) is 24.2. The molecule has 1 aliphatic carbocycles. The Morgan fingerprint density at radius 1 is 1.35 bits per heavy atom. The second-order valence-electron chi connectivity index (χ2n) is 6.47. The van der Waals surface area contributed by atoms with E-state index in [0.717, 1.165) is 19.3 Å². The number of aliphatic carboxylic acids is 1. The summed E-state index contributed by atoms with van der Waals surface area (Å²) in [6.45, 7) is 3.53. The van der Waals surface area contributed by atoms with Crippen molar-refractivity contribution in [2.75, 3.05) is 0 Å². The summed E-state index contributed by atoms with van der Waals surface area (Å²) in [5.74, 6) is -1.03. The maximum atomic E-state index is 12.5. The Bertz CT molecular complexity index is 625. The van der Waals surface area contributed by atoms with Gasteiger partial charge in [-0.15, -0.1) is 0 Å². The lowest BCUT2D eigenvalue weighted by atomic mass is 9.75. The van der Waals surface area contributed by atoms with Crippen molar-refractivity contribution >= 4 is 17.7 Å². The topological polar surface area (TPSA) is 88.4 Å². The number of carboxylic acid groups (broad SMARTS) is 1. The van der Waals surface area contributed by atoms with E-state index < -0.39 is 17.4 Å². The number of ketones is 1. The number of Topliss-reactive ketones (excluding diaryl/α,β-unsaturated/α-hetero) is 1. The standard InChI is InChI=1S/C17H24N2O4/c1-4-12-5-7-17(8-6-12,16(22)23)18-15(21)14-9-13(11(2)20)10-19(14)3/h9-10,12H,4-8H2,1-3H3,(H,18,21)(H,22,23). The zero-order valence-electron chi connectivity index (χ0n) is 13.9. The van der Waals surface area contributed by atoms with Crippen LogP contribution in [0.1, 0.15) is 66.8 Å². The number of hydrogen-bond donors (Lipinski definition) is 2. The molecule has 1 fully saturated rings. The molecule has 6 heteroatoms. The summed E-state index contributed by atoms with van der Waals surface area (Å²) in [6, 6.07) is 1.50. The molecular formula is C17H24N2O4. The number of hydrogen-bond acceptors (Lipinski definition) is 3. The third-order valence-electron chi connectivity index (χ3n) is 4.94. The molecule has 0 spiro atoms. The summed E-state index contributed by atoms with van der Waals surface area (Å²) in [5.41, 5.74) is -0.464. The number of amides is 1. The summed E-state index contributed by atoms with van der Waals surface area (Å²) >= 11 is 0. The summed E-state index contributed by atoms with van der Waals surface area (Å²) in [5, 5.41) is 12.3. The first-order valence-electron chi connectivity index (χ1n) is 8.02. The maximum absolute atomic E-state index is 12.5. The van der Waals surface area contributed by atoms with Crippen LogP contribution >= 0.6 is 0 Å². The molecular weight excluding hydrogens is 296 g/mol. The van der Waals surface area contributed by atoms with Gasteiger partial charge in [-0.25, -0.2) is 4.79 Å². The lowest BCUT2D eigenvalue weighted by Gasteiger charge is -2.37. The highest BCUT2D eigenvalue weighted by atomic mass is 16.4. The Kier molecular flexibility index (Phi) is 4.92. The van der Waals surface area contributed by atoms with Crippen LogP contribution in [0, 0.1) is 5.92 Å². The van der Waals surface area contributed by atoms with E-state index in [4.69, 9.17) is 0 Å². The van der Waals surface area contributed by atoms with Gasteiger partial charge in [0, 0.05) is 18.8 Å². The predicted octanol–water partition coefficient (Wildman–Crippen LogP) is 2.38. The van der Waals surface area contributed by atoms with Gasteiger partial charge in [0.05, 0.1) is 0 Å². The Labute approximate surface area is 135 Å². The molecule has 1 saturated carbocycles. The lowest BCUT2D eigenvalue weighted by Crippen LogP contribution is -2.56. The van der Waals surface area contributed by atoms with E-state index in [1.165, 1.54) is 13.0 Å². The number of rotatable bonds is 5. The SMILES string of the molecule is CCC1CCC(NC(=O)c2cc(C(C)=O)cn2C)(C(=O)O)CC1. The van der Waals surface area contributed by atoms with Crippen LogP contribution in [0.15, 0.2) is 12.3 Å². The zero-order chi connectivity index (χ0) is 17.2. The zero-order valence-corrected chi connectivity index (χ0v) is 13.9. The van der Waals surface area contributed by atoms with Crippen molar-refractivity contribution in [3.05, 3.63) is 23.5 Å². The number of carboxylic acids is 1. The van der Waals surface area contributed by atoms with Gasteiger partial charge in [-0.3, -0.25) is 9.59 Å². The monoisotopic (exact) mass is 320 g/mol. The van der Waals surface area contributed by atoms with E-state index in [2.05, 4.69) is 12.2 Å². The Morgan fingerprint density at radius 3 is 2.39 bits per heavy atom. The number of nitrogens with one attached hydrogen (secondary N) is 1. The molecule has 0 aromatic carbocycles. The van der Waals surface area contributed by atoms with Crippen LogP contribution in [-0.4, -0.2) is 32.9 Å². The second-order valence-corrected chi connectivity index (χ2v) is 6.47. The Balaban J connectivity index is 2.19. The molecule has 1 aromatic heterocycles. The van der Waals surface area contributed by atoms with Crippen LogP contribution in [-0.2, 0) is 11.8 Å². The Morgan fingerprint density at radius 2 is 1.96 bits per heavy atom. The summed E-state index contributed by atoms with van der Waals surface area (Å²) in [4.78, 5) is 35.7. The number of aromatic nitrogens is 1. The molecule has 126 valence electrons. The van der Waals surface area contributed by atoms with Gasteiger partial charge < -0.3 is 15.0 Å². The van der Waals surface area contributed by atoms with E-state index >= 15 is 0 Å². The van der Waals surface area contributed by atoms with Gasteiger partial charge in [0.2, 0.25) is 0 Å². The van der Waals surface area contributed by atoms with Crippen molar-refractivity contribution in [2.24, 2.45) is 13.0 Å². The highest BCUT2D eigenvalue weighted by Crippen LogP contribution is 2.34. The predicted molar refractivity (Wildman–Crippen MR) is 85.5 cm³/mol. The first-order chi connectivity index (χ1) is 10.8. The molecule has 0 saturated heterocycles. The first kappa shape index (κ1) is 17.2.